The average Bonchev–Trinajstić information content (AvgIpc) is 3.35. The Labute approximate surface area is 351 Å². The van der Waals surface area contributed by atoms with Crippen LogP contribution < -0.4 is 0 Å². The number of hydrogen-bond acceptors (Lipinski definition) is 3. The molecule has 0 unspecified atom stereocenters. The van der Waals surface area contributed by atoms with Gasteiger partial charge >= 0.3 is 0 Å². The minimum Gasteiger partial charge on any atom is -0.208 e. The summed E-state index contributed by atoms with van der Waals surface area (Å²) < 4.78 is 0. The number of benzene rings is 9. The molecule has 60 heavy (non-hydrogen) atoms. The second kappa shape index (κ2) is 16.5. The van der Waals surface area contributed by atoms with Crippen molar-refractivity contribution in [1.82, 2.24) is 15.0 Å². The predicted molar refractivity (Wildman–Crippen MR) is 249 cm³/mol. The minimum atomic E-state index is 0.617. The molecule has 3 heteroatoms. The molecule has 0 fully saturated rings. The first-order chi connectivity index (χ1) is 29.7. The third kappa shape index (κ3) is 7.44. The number of rotatable bonds is 9. The van der Waals surface area contributed by atoms with Crippen LogP contribution in [0.25, 0.3) is 101 Å². The molecule has 282 valence electrons. The van der Waals surface area contributed by atoms with Crippen LogP contribution >= 0.6 is 0 Å². The zero-order chi connectivity index (χ0) is 40.1. The van der Waals surface area contributed by atoms with Crippen LogP contribution in [0, 0.1) is 0 Å². The van der Waals surface area contributed by atoms with Gasteiger partial charge in [0.05, 0.1) is 0 Å². The van der Waals surface area contributed by atoms with Gasteiger partial charge < -0.3 is 0 Å². The van der Waals surface area contributed by atoms with Gasteiger partial charge in [-0.15, -0.1) is 0 Å². The first-order valence-corrected chi connectivity index (χ1v) is 20.3. The largest absolute Gasteiger partial charge is 0.208 e. The Hall–Kier alpha value is -8.01. The summed E-state index contributed by atoms with van der Waals surface area (Å²) in [5.41, 5.74) is 16.7. The van der Waals surface area contributed by atoms with Gasteiger partial charge in [0, 0.05) is 16.7 Å². The van der Waals surface area contributed by atoms with Gasteiger partial charge in [-0.2, -0.15) is 0 Å². The number of nitrogens with zero attached hydrogens (tertiary/aromatic N) is 3. The molecule has 3 nitrogen and oxygen atoms in total. The second-order valence-electron chi connectivity index (χ2n) is 14.8. The topological polar surface area (TPSA) is 38.7 Å². The number of hydrogen-bond donors (Lipinski definition) is 0. The summed E-state index contributed by atoms with van der Waals surface area (Å²) in [5.74, 6) is 1.85. The molecule has 0 spiro atoms. The summed E-state index contributed by atoms with van der Waals surface area (Å²) >= 11 is 0. The van der Waals surface area contributed by atoms with Crippen LogP contribution in [0.1, 0.15) is 0 Å². The maximum absolute atomic E-state index is 5.17. The third-order valence-electron chi connectivity index (χ3n) is 11.0. The highest BCUT2D eigenvalue weighted by atomic mass is 15.0. The van der Waals surface area contributed by atoms with E-state index in [0.717, 1.165) is 38.9 Å². The van der Waals surface area contributed by atoms with Crippen molar-refractivity contribution in [2.24, 2.45) is 0 Å². The fourth-order valence-electron chi connectivity index (χ4n) is 8.00. The summed E-state index contributed by atoms with van der Waals surface area (Å²) in [5, 5.41) is 0. The smallest absolute Gasteiger partial charge is 0.164 e. The van der Waals surface area contributed by atoms with E-state index in [-0.39, 0.29) is 0 Å². The Morgan fingerprint density at radius 3 is 0.750 bits per heavy atom. The molecule has 0 aliphatic heterocycles. The van der Waals surface area contributed by atoms with E-state index >= 15 is 0 Å². The maximum Gasteiger partial charge on any atom is 0.164 e. The lowest BCUT2D eigenvalue weighted by atomic mass is 9.93. The normalized spacial score (nSPS) is 11.0. The van der Waals surface area contributed by atoms with Gasteiger partial charge in [0.2, 0.25) is 0 Å². The van der Waals surface area contributed by atoms with E-state index in [1.54, 1.807) is 0 Å². The fraction of sp³-hybridized carbons (Fsp3) is 0. The van der Waals surface area contributed by atoms with Crippen molar-refractivity contribution >= 4 is 0 Å². The fourth-order valence-corrected chi connectivity index (χ4v) is 8.00. The molecule has 0 N–H and O–H groups in total. The highest BCUT2D eigenvalue weighted by molar-refractivity contribution is 5.87. The molecule has 0 amide bonds. The highest BCUT2D eigenvalue weighted by Crippen LogP contribution is 2.37. The van der Waals surface area contributed by atoms with Gasteiger partial charge in [0.15, 0.2) is 17.5 Å². The molecule has 1 aromatic heterocycles. The van der Waals surface area contributed by atoms with E-state index in [4.69, 9.17) is 15.0 Å². The van der Waals surface area contributed by atoms with Crippen molar-refractivity contribution in [2.75, 3.05) is 0 Å². The van der Waals surface area contributed by atoms with Crippen molar-refractivity contribution in [3.63, 3.8) is 0 Å². The molecular formula is C57H39N3. The molecular weight excluding hydrogens is 727 g/mol. The van der Waals surface area contributed by atoms with E-state index in [0.29, 0.717) is 17.5 Å². The molecule has 9 aromatic carbocycles. The first-order valence-electron chi connectivity index (χ1n) is 20.3. The summed E-state index contributed by atoms with van der Waals surface area (Å²) in [4.78, 5) is 15.5. The molecule has 0 saturated heterocycles. The van der Waals surface area contributed by atoms with Crippen molar-refractivity contribution in [3.05, 3.63) is 237 Å². The zero-order valence-corrected chi connectivity index (χ0v) is 32.9. The van der Waals surface area contributed by atoms with E-state index in [1.807, 2.05) is 0 Å². The Kier molecular flexibility index (Phi) is 9.97. The van der Waals surface area contributed by atoms with Gasteiger partial charge in [-0.1, -0.05) is 231 Å². The van der Waals surface area contributed by atoms with Crippen LogP contribution in [0.4, 0.5) is 0 Å². The highest BCUT2D eigenvalue weighted by Gasteiger charge is 2.16. The van der Waals surface area contributed by atoms with Crippen LogP contribution in [0.2, 0.25) is 0 Å². The maximum atomic E-state index is 5.17. The van der Waals surface area contributed by atoms with E-state index in [2.05, 4.69) is 237 Å². The van der Waals surface area contributed by atoms with E-state index in [9.17, 15) is 0 Å². The van der Waals surface area contributed by atoms with Gasteiger partial charge in [-0.3, -0.25) is 0 Å². The minimum absolute atomic E-state index is 0.617. The SMILES string of the molecule is c1ccc(-c2ccccc2-c2ccc(-c3nc(-c4ccc(-c5ccccc5-c5ccccc5)cc4)nc(-c4cccc(-c5ccccc5-c5ccccc5)c4)n3)cc2)cc1. The third-order valence-corrected chi connectivity index (χ3v) is 11.0. The monoisotopic (exact) mass is 765 g/mol. The lowest BCUT2D eigenvalue weighted by Crippen LogP contribution is -2.00. The Morgan fingerprint density at radius 2 is 0.400 bits per heavy atom. The molecule has 10 aromatic rings. The molecule has 0 saturated carbocycles. The molecule has 0 aliphatic rings. The van der Waals surface area contributed by atoms with Crippen molar-refractivity contribution in [2.45, 2.75) is 0 Å². The predicted octanol–water partition coefficient (Wildman–Crippen LogP) is 14.9. The summed E-state index contributed by atoms with van der Waals surface area (Å²) in [7, 11) is 0. The van der Waals surface area contributed by atoms with Gasteiger partial charge in [0.25, 0.3) is 0 Å². The molecule has 0 radical (unpaired) electrons. The number of aromatic nitrogens is 3. The van der Waals surface area contributed by atoms with Gasteiger partial charge in [-0.05, 0) is 72.8 Å². The lowest BCUT2D eigenvalue weighted by molar-refractivity contribution is 1.07. The molecule has 0 atom stereocenters. The first kappa shape index (κ1) is 36.3. The van der Waals surface area contributed by atoms with Gasteiger partial charge in [-0.25, -0.2) is 15.0 Å². The summed E-state index contributed by atoms with van der Waals surface area (Å²) in [6.07, 6.45) is 0. The van der Waals surface area contributed by atoms with E-state index < -0.39 is 0 Å². The van der Waals surface area contributed by atoms with E-state index in [1.165, 1.54) is 44.5 Å². The molecule has 10 rings (SSSR count). The second-order valence-corrected chi connectivity index (χ2v) is 14.8. The van der Waals surface area contributed by atoms with Crippen LogP contribution in [0.15, 0.2) is 237 Å². The standard InChI is InChI=1S/C57H39N3/c1-4-17-40(18-5-1)49-25-10-12-28-52(49)43-31-35-45(36-32-43)55-58-56(46-37-33-44(34-38-46)53-29-13-11-26-50(53)41-19-6-2-7-20-41)60-57(59-55)48-24-16-23-47(39-48)54-30-15-14-27-51(54)42-21-8-3-9-22-42/h1-39H. The van der Waals surface area contributed by atoms with Crippen molar-refractivity contribution < 1.29 is 0 Å². The Bertz CT molecular complexity index is 2900. The van der Waals surface area contributed by atoms with Crippen LogP contribution in [0.3, 0.4) is 0 Å². The molecule has 0 aliphatic carbocycles. The molecule has 0 bridgehead atoms. The van der Waals surface area contributed by atoms with Crippen LogP contribution in [0.5, 0.6) is 0 Å². The Morgan fingerprint density at radius 1 is 0.167 bits per heavy atom. The Balaban J connectivity index is 1.06. The van der Waals surface area contributed by atoms with Crippen LogP contribution in [-0.2, 0) is 0 Å². The van der Waals surface area contributed by atoms with Crippen LogP contribution in [-0.4, -0.2) is 15.0 Å². The van der Waals surface area contributed by atoms with Crippen molar-refractivity contribution in [3.8, 4) is 101 Å². The molecule has 1 heterocycles. The average molecular weight is 766 g/mol. The van der Waals surface area contributed by atoms with Gasteiger partial charge in [0.1, 0.15) is 0 Å². The quantitative estimate of drug-likeness (QED) is 0.147. The lowest BCUT2D eigenvalue weighted by Gasteiger charge is -2.13. The summed E-state index contributed by atoms with van der Waals surface area (Å²) in [6.45, 7) is 0. The summed E-state index contributed by atoms with van der Waals surface area (Å²) in [6, 6.07) is 82.9. The zero-order valence-electron chi connectivity index (χ0n) is 32.9. The van der Waals surface area contributed by atoms with Crippen molar-refractivity contribution in [1.29, 1.82) is 0 Å².